The molecule has 0 saturated heterocycles. The van der Waals surface area contributed by atoms with E-state index in [4.69, 9.17) is 4.74 Å². The van der Waals surface area contributed by atoms with Gasteiger partial charge < -0.3 is 10.1 Å². The molecule has 0 aromatic carbocycles. The minimum atomic E-state index is -1.12. The number of carbonyl (C=O) groups excluding carboxylic acids is 2. The summed E-state index contributed by atoms with van der Waals surface area (Å²) >= 11 is 2.44. The third-order valence-electron chi connectivity index (χ3n) is 4.38. The first-order valence-corrected chi connectivity index (χ1v) is 13.7. The van der Waals surface area contributed by atoms with Crippen LogP contribution in [0.25, 0.3) is 0 Å². The number of hydrogen-bond donors (Lipinski definition) is 2. The first kappa shape index (κ1) is 25.4. The van der Waals surface area contributed by atoms with Gasteiger partial charge in [-0.2, -0.15) is 0 Å². The van der Waals surface area contributed by atoms with Crippen LogP contribution < -0.4 is 15.4 Å². The molecule has 2 amide bonds. The van der Waals surface area contributed by atoms with Gasteiger partial charge in [0, 0.05) is 59.3 Å². The summed E-state index contributed by atoms with van der Waals surface area (Å²) in [4.78, 5) is 32.0. The van der Waals surface area contributed by atoms with Gasteiger partial charge in [-0.1, -0.05) is 34.8 Å². The first-order valence-electron chi connectivity index (χ1n) is 10.6. The number of amides is 2. The van der Waals surface area contributed by atoms with Crippen molar-refractivity contribution in [3.63, 3.8) is 0 Å². The minimum absolute atomic E-state index is 0.147. The molecule has 186 valence electrons. The van der Waals surface area contributed by atoms with Gasteiger partial charge in [-0.25, -0.2) is 9.78 Å². The number of rotatable bonds is 11. The summed E-state index contributed by atoms with van der Waals surface area (Å²) < 4.78 is 17.5. The number of aryl methyl sites for hydroxylation is 2. The molecule has 0 saturated carbocycles. The lowest BCUT2D eigenvalue weighted by atomic mass is 10.2. The Balaban J connectivity index is 1.15. The zero-order chi connectivity index (χ0) is 25.2. The summed E-state index contributed by atoms with van der Waals surface area (Å²) in [5.41, 5.74) is 0.665. The van der Waals surface area contributed by atoms with E-state index in [0.29, 0.717) is 45.2 Å². The zero-order valence-corrected chi connectivity index (χ0v) is 21.1. The van der Waals surface area contributed by atoms with Gasteiger partial charge in [0.25, 0.3) is 0 Å². The number of carbonyl (C=O) groups is 2. The van der Waals surface area contributed by atoms with Crippen molar-refractivity contribution in [3.05, 3.63) is 64.5 Å². The Kier molecular flexibility index (Phi) is 9.07. The molecule has 4 aromatic heterocycles. The van der Waals surface area contributed by atoms with Gasteiger partial charge in [-0.15, -0.1) is 20.4 Å². The molecular weight excluding hydrogens is 524 g/mol. The van der Waals surface area contributed by atoms with E-state index < -0.39 is 16.9 Å². The molecule has 0 aliphatic heterocycles. The Morgan fingerprint density at radius 3 is 2.08 bits per heavy atom. The predicted octanol–water partition coefficient (Wildman–Crippen LogP) is 2.51. The van der Waals surface area contributed by atoms with Gasteiger partial charge in [-0.3, -0.25) is 19.3 Å². The molecule has 0 bridgehead atoms. The summed E-state index contributed by atoms with van der Waals surface area (Å²) in [7, 11) is -1.12. The van der Waals surface area contributed by atoms with E-state index in [0.717, 1.165) is 0 Å². The molecule has 1 unspecified atom stereocenters. The molecule has 4 rings (SSSR count). The van der Waals surface area contributed by atoms with Crippen LogP contribution in [0, 0.1) is 0 Å². The lowest BCUT2D eigenvalue weighted by molar-refractivity contribution is -0.115. The molecule has 0 aliphatic carbocycles. The number of anilines is 2. The van der Waals surface area contributed by atoms with Crippen LogP contribution in [0.2, 0.25) is 0 Å². The lowest BCUT2D eigenvalue weighted by Crippen LogP contribution is -2.17. The second-order valence-corrected chi connectivity index (χ2v) is 10.9. The van der Waals surface area contributed by atoms with Crippen molar-refractivity contribution < 1.29 is 18.5 Å². The lowest BCUT2D eigenvalue weighted by Gasteiger charge is -2.01. The molecule has 0 fully saturated rings. The Morgan fingerprint density at radius 1 is 0.833 bits per heavy atom. The second-order valence-electron chi connectivity index (χ2n) is 7.08. The molecule has 0 spiro atoms. The number of nitrogens with zero attached hydrogens (tertiary/aromatic N) is 6. The number of aromatic nitrogens is 6. The fourth-order valence-corrected chi connectivity index (χ4v) is 5.55. The van der Waals surface area contributed by atoms with Crippen LogP contribution >= 0.6 is 22.7 Å². The molecule has 15 heteroatoms. The summed E-state index contributed by atoms with van der Waals surface area (Å²) in [6.45, 7) is 0. The molecule has 4 heterocycles. The minimum Gasteiger partial charge on any atom is -0.391 e. The van der Waals surface area contributed by atoms with Gasteiger partial charge >= 0.3 is 6.09 Å². The summed E-state index contributed by atoms with van der Waals surface area (Å²) in [5.74, 6) is 0.733. The summed E-state index contributed by atoms with van der Waals surface area (Å²) in [6, 6.07) is 10.4. The highest BCUT2D eigenvalue weighted by Gasteiger charge is 2.13. The van der Waals surface area contributed by atoms with E-state index in [-0.39, 0.29) is 23.3 Å². The van der Waals surface area contributed by atoms with Crippen molar-refractivity contribution in [2.24, 2.45) is 0 Å². The Hall–Kier alpha value is -3.69. The molecule has 0 radical (unpaired) electrons. The van der Waals surface area contributed by atoms with Crippen LogP contribution in [0.4, 0.5) is 15.1 Å². The van der Waals surface area contributed by atoms with Gasteiger partial charge in [0.05, 0.1) is 6.42 Å². The fraction of sp³-hybridized carbons (Fsp3) is 0.238. The van der Waals surface area contributed by atoms with Gasteiger partial charge in [0.2, 0.25) is 22.1 Å². The second kappa shape index (κ2) is 12.9. The van der Waals surface area contributed by atoms with E-state index >= 15 is 0 Å². The highest BCUT2D eigenvalue weighted by Crippen LogP contribution is 2.18. The van der Waals surface area contributed by atoms with Gasteiger partial charge in [0.15, 0.2) is 0 Å². The topological polar surface area (TPSA) is 162 Å². The van der Waals surface area contributed by atoms with Crippen molar-refractivity contribution in [2.75, 3.05) is 22.1 Å². The van der Waals surface area contributed by atoms with Crippen LogP contribution in [-0.4, -0.2) is 58.1 Å². The van der Waals surface area contributed by atoms with E-state index in [1.54, 1.807) is 36.5 Å². The number of ether oxygens (including phenoxy) is 1. The van der Waals surface area contributed by atoms with Crippen LogP contribution in [-0.2, 0) is 34.9 Å². The SMILES string of the molecule is O=C(Cc1ccccn1)Nc1nnc(CCS(=O)CCc2nnc(NC(=O)Oc3ccccn3)s2)s1. The normalized spacial score (nSPS) is 11.6. The molecule has 4 aromatic rings. The fourth-order valence-electron chi connectivity index (χ4n) is 2.76. The van der Waals surface area contributed by atoms with E-state index in [1.165, 1.54) is 28.9 Å². The third kappa shape index (κ3) is 8.21. The highest BCUT2D eigenvalue weighted by atomic mass is 32.2. The Morgan fingerprint density at radius 2 is 1.47 bits per heavy atom. The molecule has 36 heavy (non-hydrogen) atoms. The van der Waals surface area contributed by atoms with E-state index in [1.807, 2.05) is 6.07 Å². The largest absolute Gasteiger partial charge is 0.420 e. The van der Waals surface area contributed by atoms with Crippen LogP contribution in [0.3, 0.4) is 0 Å². The van der Waals surface area contributed by atoms with Gasteiger partial charge in [0.1, 0.15) is 10.0 Å². The first-order chi connectivity index (χ1) is 17.5. The number of nitrogens with one attached hydrogen (secondary N) is 2. The third-order valence-corrected chi connectivity index (χ3v) is 7.49. The number of pyridine rings is 2. The summed E-state index contributed by atoms with van der Waals surface area (Å²) in [5, 5.41) is 23.2. The maximum atomic E-state index is 12.4. The van der Waals surface area contributed by atoms with E-state index in [2.05, 4.69) is 41.0 Å². The predicted molar refractivity (Wildman–Crippen MR) is 136 cm³/mol. The van der Waals surface area contributed by atoms with Crippen molar-refractivity contribution in [1.29, 1.82) is 0 Å². The maximum Gasteiger partial charge on any atom is 0.420 e. The molecular formula is C21H20N8O4S3. The van der Waals surface area contributed by atoms with Crippen LogP contribution in [0.1, 0.15) is 15.7 Å². The maximum absolute atomic E-state index is 12.4. The quantitative estimate of drug-likeness (QED) is 0.287. The standard InChI is InChI=1S/C21H20N8O4S3/c30-15(13-14-5-1-3-9-22-14)24-19-28-26-17(34-19)7-11-36(32)12-8-18-27-29-20(35-18)25-21(31)33-16-6-2-4-10-23-16/h1-6,9-10H,7-8,11-13H2,(H,24,28,30)(H,25,29,31). The highest BCUT2D eigenvalue weighted by molar-refractivity contribution is 7.84. The Bertz CT molecular complexity index is 1220. The van der Waals surface area contributed by atoms with Crippen molar-refractivity contribution in [1.82, 2.24) is 30.4 Å². The monoisotopic (exact) mass is 544 g/mol. The molecule has 12 nitrogen and oxygen atoms in total. The van der Waals surface area contributed by atoms with Crippen molar-refractivity contribution >= 4 is 55.7 Å². The smallest absolute Gasteiger partial charge is 0.391 e. The van der Waals surface area contributed by atoms with Crippen LogP contribution in [0.15, 0.2) is 48.8 Å². The van der Waals surface area contributed by atoms with Crippen molar-refractivity contribution in [3.8, 4) is 5.88 Å². The van der Waals surface area contributed by atoms with Crippen molar-refractivity contribution in [2.45, 2.75) is 19.3 Å². The average molecular weight is 545 g/mol. The van der Waals surface area contributed by atoms with Crippen LogP contribution in [0.5, 0.6) is 5.88 Å². The number of hydrogen-bond acceptors (Lipinski definition) is 12. The average Bonchev–Trinajstić information content (AvgIpc) is 3.51. The van der Waals surface area contributed by atoms with E-state index in [9.17, 15) is 13.8 Å². The molecule has 1 atom stereocenters. The summed E-state index contributed by atoms with van der Waals surface area (Å²) in [6.07, 6.45) is 3.50. The Labute approximate surface area is 216 Å². The molecule has 0 aliphatic rings. The molecule has 2 N–H and O–H groups in total. The van der Waals surface area contributed by atoms with Gasteiger partial charge in [-0.05, 0) is 18.2 Å². The zero-order valence-electron chi connectivity index (χ0n) is 18.7.